The summed E-state index contributed by atoms with van der Waals surface area (Å²) in [4.78, 5) is 9.73. The Hall–Kier alpha value is -1.26. The topological polar surface area (TPSA) is 37.8 Å². The Balaban J connectivity index is 1.83. The first kappa shape index (κ1) is 10.3. The van der Waals surface area contributed by atoms with Gasteiger partial charge in [0.15, 0.2) is 0 Å². The van der Waals surface area contributed by atoms with Crippen LogP contribution in [0.4, 0.5) is 0 Å². The number of rotatable bonds is 4. The zero-order valence-corrected chi connectivity index (χ0v) is 9.42. The van der Waals surface area contributed by atoms with Gasteiger partial charge in [0.05, 0.1) is 5.69 Å². The van der Waals surface area contributed by atoms with Crippen LogP contribution in [0.3, 0.4) is 0 Å². The van der Waals surface area contributed by atoms with Gasteiger partial charge in [0.1, 0.15) is 5.82 Å². The van der Waals surface area contributed by atoms with E-state index in [1.807, 2.05) is 13.0 Å². The van der Waals surface area contributed by atoms with E-state index in [1.54, 1.807) is 17.5 Å². The standard InChI is InChI=1S/C11H13N3S/c1-9-13-5-4-10(14-9)7-12-8-11-3-2-6-15-11/h2-6,12H,7-8H2,1H3. The minimum atomic E-state index is 0.793. The van der Waals surface area contributed by atoms with E-state index in [2.05, 4.69) is 32.8 Å². The van der Waals surface area contributed by atoms with Crippen molar-refractivity contribution < 1.29 is 0 Å². The summed E-state index contributed by atoms with van der Waals surface area (Å²) in [6, 6.07) is 6.13. The number of aromatic nitrogens is 2. The predicted octanol–water partition coefficient (Wildman–Crippen LogP) is 2.14. The number of nitrogens with one attached hydrogen (secondary N) is 1. The largest absolute Gasteiger partial charge is 0.306 e. The van der Waals surface area contributed by atoms with Gasteiger partial charge in [0.25, 0.3) is 0 Å². The molecule has 0 aliphatic carbocycles. The molecule has 0 fully saturated rings. The molecular formula is C11H13N3S. The van der Waals surface area contributed by atoms with Crippen LogP contribution in [-0.4, -0.2) is 9.97 Å². The molecule has 15 heavy (non-hydrogen) atoms. The maximum atomic E-state index is 4.32. The third kappa shape index (κ3) is 3.11. The van der Waals surface area contributed by atoms with Gasteiger partial charge in [0, 0.05) is 24.2 Å². The van der Waals surface area contributed by atoms with Gasteiger partial charge in [-0.25, -0.2) is 9.97 Å². The number of aryl methyl sites for hydroxylation is 1. The molecule has 78 valence electrons. The molecule has 0 aliphatic heterocycles. The summed E-state index contributed by atoms with van der Waals surface area (Å²) in [5, 5.41) is 5.44. The van der Waals surface area contributed by atoms with Gasteiger partial charge in [0.2, 0.25) is 0 Å². The number of nitrogens with zero attached hydrogens (tertiary/aromatic N) is 2. The molecule has 1 N–H and O–H groups in total. The molecule has 0 radical (unpaired) electrons. The molecule has 0 atom stereocenters. The van der Waals surface area contributed by atoms with Crippen LogP contribution in [0.5, 0.6) is 0 Å². The highest BCUT2D eigenvalue weighted by atomic mass is 32.1. The van der Waals surface area contributed by atoms with Gasteiger partial charge in [-0.15, -0.1) is 11.3 Å². The van der Waals surface area contributed by atoms with Gasteiger partial charge in [-0.05, 0) is 24.4 Å². The Morgan fingerprint density at radius 2 is 2.27 bits per heavy atom. The van der Waals surface area contributed by atoms with Crippen molar-refractivity contribution >= 4 is 11.3 Å². The molecule has 0 aliphatic rings. The van der Waals surface area contributed by atoms with Gasteiger partial charge >= 0.3 is 0 Å². The third-order valence-corrected chi connectivity index (χ3v) is 2.90. The van der Waals surface area contributed by atoms with Crippen molar-refractivity contribution in [3.05, 3.63) is 46.2 Å². The first-order valence-electron chi connectivity index (χ1n) is 4.86. The smallest absolute Gasteiger partial charge is 0.125 e. The normalized spacial score (nSPS) is 10.5. The first-order valence-corrected chi connectivity index (χ1v) is 5.74. The Morgan fingerprint density at radius 3 is 3.00 bits per heavy atom. The highest BCUT2D eigenvalue weighted by Gasteiger charge is 1.96. The van der Waals surface area contributed by atoms with Crippen molar-refractivity contribution in [3.8, 4) is 0 Å². The second-order valence-electron chi connectivity index (χ2n) is 3.28. The number of hydrogen-bond donors (Lipinski definition) is 1. The fourth-order valence-corrected chi connectivity index (χ4v) is 2.00. The van der Waals surface area contributed by atoms with Crippen molar-refractivity contribution in [1.82, 2.24) is 15.3 Å². The fourth-order valence-electron chi connectivity index (χ4n) is 1.33. The van der Waals surface area contributed by atoms with Crippen molar-refractivity contribution in [3.63, 3.8) is 0 Å². The molecular weight excluding hydrogens is 206 g/mol. The van der Waals surface area contributed by atoms with E-state index in [0.29, 0.717) is 0 Å². The molecule has 0 amide bonds. The van der Waals surface area contributed by atoms with Crippen LogP contribution in [0.1, 0.15) is 16.4 Å². The molecule has 2 aromatic heterocycles. The summed E-state index contributed by atoms with van der Waals surface area (Å²) in [5.41, 5.74) is 1.04. The van der Waals surface area contributed by atoms with Crippen LogP contribution < -0.4 is 5.32 Å². The van der Waals surface area contributed by atoms with E-state index in [0.717, 1.165) is 24.6 Å². The monoisotopic (exact) mass is 219 g/mol. The lowest BCUT2D eigenvalue weighted by Gasteiger charge is -2.02. The van der Waals surface area contributed by atoms with Gasteiger partial charge in [-0.2, -0.15) is 0 Å². The van der Waals surface area contributed by atoms with E-state index in [1.165, 1.54) is 4.88 Å². The number of thiophene rings is 1. The fraction of sp³-hybridized carbons (Fsp3) is 0.273. The average molecular weight is 219 g/mol. The quantitative estimate of drug-likeness (QED) is 0.856. The molecule has 3 nitrogen and oxygen atoms in total. The SMILES string of the molecule is Cc1nccc(CNCc2cccs2)n1. The summed E-state index contributed by atoms with van der Waals surface area (Å²) in [6.45, 7) is 3.60. The molecule has 0 spiro atoms. The summed E-state index contributed by atoms with van der Waals surface area (Å²) >= 11 is 1.77. The first-order chi connectivity index (χ1) is 7.34. The van der Waals surface area contributed by atoms with Gasteiger partial charge in [-0.1, -0.05) is 6.07 Å². The second-order valence-corrected chi connectivity index (χ2v) is 4.31. The van der Waals surface area contributed by atoms with E-state index in [-0.39, 0.29) is 0 Å². The molecule has 0 saturated heterocycles. The average Bonchev–Trinajstić information content (AvgIpc) is 2.71. The Morgan fingerprint density at radius 1 is 1.33 bits per heavy atom. The van der Waals surface area contributed by atoms with E-state index in [9.17, 15) is 0 Å². The minimum absolute atomic E-state index is 0.793. The third-order valence-electron chi connectivity index (χ3n) is 2.02. The highest BCUT2D eigenvalue weighted by Crippen LogP contribution is 2.07. The zero-order valence-electron chi connectivity index (χ0n) is 8.60. The molecule has 0 saturated carbocycles. The van der Waals surface area contributed by atoms with Gasteiger partial charge < -0.3 is 5.32 Å². The lowest BCUT2D eigenvalue weighted by molar-refractivity contribution is 0.681. The second kappa shape index (κ2) is 5.00. The van der Waals surface area contributed by atoms with Crippen molar-refractivity contribution in [2.24, 2.45) is 0 Å². The molecule has 2 aromatic rings. The molecule has 0 bridgehead atoms. The molecule has 0 unspecified atom stereocenters. The maximum absolute atomic E-state index is 4.32. The van der Waals surface area contributed by atoms with Crippen LogP contribution in [0.15, 0.2) is 29.8 Å². The van der Waals surface area contributed by atoms with E-state index < -0.39 is 0 Å². The summed E-state index contributed by atoms with van der Waals surface area (Å²) in [5.74, 6) is 0.824. The Kier molecular flexibility index (Phi) is 3.42. The molecule has 2 heterocycles. The minimum Gasteiger partial charge on any atom is -0.306 e. The Bertz CT molecular complexity index is 412. The summed E-state index contributed by atoms with van der Waals surface area (Å²) < 4.78 is 0. The molecule has 4 heteroatoms. The van der Waals surface area contributed by atoms with Crippen molar-refractivity contribution in [1.29, 1.82) is 0 Å². The molecule has 0 aromatic carbocycles. The van der Waals surface area contributed by atoms with Crippen molar-refractivity contribution in [2.75, 3.05) is 0 Å². The summed E-state index contributed by atoms with van der Waals surface area (Å²) in [6.07, 6.45) is 1.80. The van der Waals surface area contributed by atoms with Crippen molar-refractivity contribution in [2.45, 2.75) is 20.0 Å². The van der Waals surface area contributed by atoms with Crippen LogP contribution in [0.25, 0.3) is 0 Å². The van der Waals surface area contributed by atoms with E-state index in [4.69, 9.17) is 0 Å². The van der Waals surface area contributed by atoms with Gasteiger partial charge in [-0.3, -0.25) is 0 Å². The predicted molar refractivity (Wildman–Crippen MR) is 61.6 cm³/mol. The Labute approximate surface area is 93.2 Å². The highest BCUT2D eigenvalue weighted by molar-refractivity contribution is 7.09. The lowest BCUT2D eigenvalue weighted by Crippen LogP contribution is -2.13. The maximum Gasteiger partial charge on any atom is 0.125 e. The number of hydrogen-bond acceptors (Lipinski definition) is 4. The van der Waals surface area contributed by atoms with Crippen LogP contribution in [0.2, 0.25) is 0 Å². The van der Waals surface area contributed by atoms with Crippen LogP contribution in [0, 0.1) is 6.92 Å². The lowest BCUT2D eigenvalue weighted by atomic mass is 10.4. The van der Waals surface area contributed by atoms with Crippen LogP contribution >= 0.6 is 11.3 Å². The zero-order chi connectivity index (χ0) is 10.5. The summed E-state index contributed by atoms with van der Waals surface area (Å²) in [7, 11) is 0. The molecule has 2 rings (SSSR count). The van der Waals surface area contributed by atoms with E-state index >= 15 is 0 Å². The van der Waals surface area contributed by atoms with Crippen LogP contribution in [-0.2, 0) is 13.1 Å².